The first-order valence-corrected chi connectivity index (χ1v) is 6.99. The van der Waals surface area contributed by atoms with E-state index in [2.05, 4.69) is 28.3 Å². The maximum absolute atomic E-state index is 11.3. The van der Waals surface area contributed by atoms with Crippen LogP contribution in [0.1, 0.15) is 12.8 Å². The second-order valence-electron chi connectivity index (χ2n) is 5.10. The molecule has 4 heteroatoms. The lowest BCUT2D eigenvalue weighted by Crippen LogP contribution is -2.39. The standard InChI is InChI=1S/C17H17N3O/c1-12-15(8-9-17(21)19-12)20-14-6-4-5-13(11-14)16-7-2-3-10-18-16/h2-7,10-11,15,20H,1,8-9H2,(H,19,21). The van der Waals surface area contributed by atoms with Gasteiger partial charge in [0.05, 0.1) is 11.7 Å². The van der Waals surface area contributed by atoms with E-state index in [1.807, 2.05) is 36.4 Å². The highest BCUT2D eigenvalue weighted by Gasteiger charge is 2.21. The molecular formula is C17H17N3O. The number of piperidine rings is 1. The van der Waals surface area contributed by atoms with Crippen LogP contribution in [0.25, 0.3) is 11.3 Å². The highest BCUT2D eigenvalue weighted by atomic mass is 16.1. The molecule has 3 rings (SSSR count). The average Bonchev–Trinajstić information content (AvgIpc) is 2.51. The topological polar surface area (TPSA) is 54.0 Å². The molecule has 0 spiro atoms. The lowest BCUT2D eigenvalue weighted by atomic mass is 10.0. The fourth-order valence-electron chi connectivity index (χ4n) is 2.44. The quantitative estimate of drug-likeness (QED) is 0.908. The van der Waals surface area contributed by atoms with E-state index in [-0.39, 0.29) is 11.9 Å². The van der Waals surface area contributed by atoms with Crippen LogP contribution < -0.4 is 10.6 Å². The summed E-state index contributed by atoms with van der Waals surface area (Å²) in [5.74, 6) is 0.0419. The summed E-state index contributed by atoms with van der Waals surface area (Å²) in [5.41, 5.74) is 3.73. The molecule has 1 atom stereocenters. The van der Waals surface area contributed by atoms with Crippen LogP contribution in [-0.2, 0) is 4.79 Å². The first-order chi connectivity index (χ1) is 10.2. The molecular weight excluding hydrogens is 262 g/mol. The summed E-state index contributed by atoms with van der Waals surface area (Å²) in [4.78, 5) is 15.7. The highest BCUT2D eigenvalue weighted by Crippen LogP contribution is 2.23. The molecule has 1 aliphatic heterocycles. The van der Waals surface area contributed by atoms with Crippen molar-refractivity contribution in [3.05, 3.63) is 60.9 Å². The van der Waals surface area contributed by atoms with Crippen LogP contribution in [0.15, 0.2) is 60.9 Å². The molecule has 1 unspecified atom stereocenters. The van der Waals surface area contributed by atoms with Gasteiger partial charge in [0.1, 0.15) is 0 Å². The van der Waals surface area contributed by atoms with Gasteiger partial charge in [0.15, 0.2) is 0 Å². The van der Waals surface area contributed by atoms with E-state index in [0.29, 0.717) is 6.42 Å². The smallest absolute Gasteiger partial charge is 0.224 e. The zero-order chi connectivity index (χ0) is 14.7. The molecule has 1 aromatic carbocycles. The minimum atomic E-state index is 0.0419. The zero-order valence-electron chi connectivity index (χ0n) is 11.7. The Hall–Kier alpha value is -2.62. The lowest BCUT2D eigenvalue weighted by Gasteiger charge is -2.26. The minimum absolute atomic E-state index is 0.0419. The van der Waals surface area contributed by atoms with Crippen LogP contribution >= 0.6 is 0 Å². The number of hydrogen-bond acceptors (Lipinski definition) is 3. The molecule has 0 aliphatic carbocycles. The summed E-state index contributed by atoms with van der Waals surface area (Å²) in [6, 6.07) is 14.0. The van der Waals surface area contributed by atoms with Crippen LogP contribution in [0.3, 0.4) is 0 Å². The molecule has 106 valence electrons. The van der Waals surface area contributed by atoms with Crippen LogP contribution in [0.5, 0.6) is 0 Å². The van der Waals surface area contributed by atoms with Crippen LogP contribution in [0, 0.1) is 0 Å². The van der Waals surface area contributed by atoms with Crippen LogP contribution in [-0.4, -0.2) is 16.9 Å². The Balaban J connectivity index is 1.78. The molecule has 0 bridgehead atoms. The molecule has 1 fully saturated rings. The molecule has 1 amide bonds. The third kappa shape index (κ3) is 3.11. The second kappa shape index (κ2) is 5.79. The number of carbonyl (C=O) groups excluding carboxylic acids is 1. The van der Waals surface area contributed by atoms with E-state index in [4.69, 9.17) is 0 Å². The van der Waals surface area contributed by atoms with Crippen molar-refractivity contribution in [2.75, 3.05) is 5.32 Å². The number of anilines is 1. The first-order valence-electron chi connectivity index (χ1n) is 6.99. The van der Waals surface area contributed by atoms with Gasteiger partial charge in [-0.3, -0.25) is 9.78 Å². The van der Waals surface area contributed by atoms with Crippen molar-refractivity contribution in [1.29, 1.82) is 0 Å². The monoisotopic (exact) mass is 279 g/mol. The summed E-state index contributed by atoms with van der Waals surface area (Å²) in [6.07, 6.45) is 3.07. The fourth-order valence-corrected chi connectivity index (χ4v) is 2.44. The number of carbonyl (C=O) groups is 1. The molecule has 2 aromatic rings. The number of amides is 1. The van der Waals surface area contributed by atoms with Gasteiger partial charge in [0.25, 0.3) is 0 Å². The molecule has 1 aliphatic rings. The van der Waals surface area contributed by atoms with E-state index in [1.54, 1.807) is 6.20 Å². The average molecular weight is 279 g/mol. The van der Waals surface area contributed by atoms with E-state index >= 15 is 0 Å². The largest absolute Gasteiger partial charge is 0.377 e. The van der Waals surface area contributed by atoms with Crippen molar-refractivity contribution in [3.63, 3.8) is 0 Å². The number of hydrogen-bond donors (Lipinski definition) is 2. The van der Waals surface area contributed by atoms with Gasteiger partial charge in [0, 0.05) is 29.6 Å². The van der Waals surface area contributed by atoms with E-state index < -0.39 is 0 Å². The van der Waals surface area contributed by atoms with E-state index in [1.165, 1.54) is 0 Å². The Labute approximate surface area is 123 Å². The SMILES string of the molecule is C=C1NC(=O)CCC1Nc1cccc(-c2ccccn2)c1. The third-order valence-corrected chi connectivity index (χ3v) is 3.54. The van der Waals surface area contributed by atoms with Crippen molar-refractivity contribution in [2.45, 2.75) is 18.9 Å². The zero-order valence-corrected chi connectivity index (χ0v) is 11.7. The molecule has 1 aromatic heterocycles. The predicted molar refractivity (Wildman–Crippen MR) is 83.6 cm³/mol. The van der Waals surface area contributed by atoms with Gasteiger partial charge in [0.2, 0.25) is 5.91 Å². The summed E-state index contributed by atoms with van der Waals surface area (Å²) >= 11 is 0. The van der Waals surface area contributed by atoms with E-state index in [0.717, 1.165) is 29.1 Å². The fraction of sp³-hybridized carbons (Fsp3) is 0.176. The van der Waals surface area contributed by atoms with Gasteiger partial charge in [-0.1, -0.05) is 24.8 Å². The van der Waals surface area contributed by atoms with Gasteiger partial charge < -0.3 is 10.6 Å². The van der Waals surface area contributed by atoms with Crippen molar-refractivity contribution < 1.29 is 4.79 Å². The van der Waals surface area contributed by atoms with Gasteiger partial charge in [-0.25, -0.2) is 0 Å². The van der Waals surface area contributed by atoms with Gasteiger partial charge in [-0.05, 0) is 30.7 Å². The van der Waals surface area contributed by atoms with Gasteiger partial charge in [-0.15, -0.1) is 0 Å². The molecule has 0 saturated carbocycles. The number of benzene rings is 1. The maximum Gasteiger partial charge on any atom is 0.224 e. The summed E-state index contributed by atoms with van der Waals surface area (Å²) in [7, 11) is 0. The predicted octanol–water partition coefficient (Wildman–Crippen LogP) is 2.95. The number of rotatable bonds is 3. The number of aromatic nitrogens is 1. The summed E-state index contributed by atoms with van der Waals surface area (Å²) in [6.45, 7) is 3.92. The highest BCUT2D eigenvalue weighted by molar-refractivity contribution is 5.79. The minimum Gasteiger partial charge on any atom is -0.377 e. The van der Waals surface area contributed by atoms with E-state index in [9.17, 15) is 4.79 Å². The third-order valence-electron chi connectivity index (χ3n) is 3.54. The van der Waals surface area contributed by atoms with Crippen molar-refractivity contribution in [2.24, 2.45) is 0 Å². The van der Waals surface area contributed by atoms with Crippen LogP contribution in [0.4, 0.5) is 5.69 Å². The molecule has 1 saturated heterocycles. The Kier molecular flexibility index (Phi) is 3.69. The first kappa shape index (κ1) is 13.4. The normalized spacial score (nSPS) is 18.2. The van der Waals surface area contributed by atoms with Crippen molar-refractivity contribution in [3.8, 4) is 11.3 Å². The summed E-state index contributed by atoms with van der Waals surface area (Å²) in [5, 5.41) is 6.21. The molecule has 0 radical (unpaired) electrons. The molecule has 4 nitrogen and oxygen atoms in total. The second-order valence-corrected chi connectivity index (χ2v) is 5.10. The van der Waals surface area contributed by atoms with Crippen molar-refractivity contribution in [1.82, 2.24) is 10.3 Å². The Bertz CT molecular complexity index is 667. The van der Waals surface area contributed by atoms with Gasteiger partial charge in [-0.2, -0.15) is 0 Å². The molecule has 2 N–H and O–H groups in total. The van der Waals surface area contributed by atoms with Gasteiger partial charge >= 0.3 is 0 Å². The lowest BCUT2D eigenvalue weighted by molar-refractivity contribution is -0.121. The Morgan fingerprint density at radius 1 is 1.24 bits per heavy atom. The summed E-state index contributed by atoms with van der Waals surface area (Å²) < 4.78 is 0. The maximum atomic E-state index is 11.3. The number of nitrogens with one attached hydrogen (secondary N) is 2. The molecule has 21 heavy (non-hydrogen) atoms. The molecule has 2 heterocycles. The van der Waals surface area contributed by atoms with Crippen LogP contribution in [0.2, 0.25) is 0 Å². The number of pyridine rings is 1. The number of nitrogens with zero attached hydrogens (tertiary/aromatic N) is 1. The Morgan fingerprint density at radius 2 is 2.14 bits per heavy atom. The van der Waals surface area contributed by atoms with Crippen molar-refractivity contribution >= 4 is 11.6 Å². The Morgan fingerprint density at radius 3 is 2.90 bits per heavy atom.